The van der Waals surface area contributed by atoms with Crippen molar-refractivity contribution in [3.63, 3.8) is 0 Å². The number of thiazole rings is 1. The van der Waals surface area contributed by atoms with Crippen LogP contribution in [0.1, 0.15) is 47.0 Å². The summed E-state index contributed by atoms with van der Waals surface area (Å²) in [6, 6.07) is 14.9. The Bertz CT molecular complexity index is 965. The second-order valence-electron chi connectivity index (χ2n) is 6.95. The molecule has 6 heteroatoms. The lowest BCUT2D eigenvalue weighted by Crippen LogP contribution is -2.30. The fourth-order valence-corrected chi connectivity index (χ4v) is 4.94. The topological polar surface area (TPSA) is 85.1 Å². The Kier molecular flexibility index (Phi) is 4.90. The van der Waals surface area contributed by atoms with Gasteiger partial charge in [0.15, 0.2) is 0 Å². The maximum absolute atomic E-state index is 13.0. The van der Waals surface area contributed by atoms with Crippen LogP contribution in [0.5, 0.6) is 0 Å². The summed E-state index contributed by atoms with van der Waals surface area (Å²) in [5.74, 6) is -0.497. The van der Waals surface area contributed by atoms with Crippen molar-refractivity contribution in [2.45, 2.75) is 31.6 Å². The maximum Gasteiger partial charge on any atom is 0.248 e. The van der Waals surface area contributed by atoms with Gasteiger partial charge in [0, 0.05) is 23.1 Å². The zero-order valence-corrected chi connectivity index (χ0v) is 15.7. The van der Waals surface area contributed by atoms with E-state index >= 15 is 0 Å². The van der Waals surface area contributed by atoms with E-state index in [9.17, 15) is 9.59 Å². The number of hydrogen-bond acceptors (Lipinski definition) is 4. The number of benzene rings is 2. The van der Waals surface area contributed by atoms with Crippen molar-refractivity contribution in [2.24, 2.45) is 11.7 Å². The number of anilines is 1. The molecule has 2 aromatic carbocycles. The van der Waals surface area contributed by atoms with Crippen molar-refractivity contribution in [1.82, 2.24) is 4.98 Å². The van der Waals surface area contributed by atoms with Gasteiger partial charge in [-0.15, -0.1) is 11.3 Å². The molecule has 1 aromatic heterocycles. The number of nitrogens with one attached hydrogen (secondary N) is 1. The monoisotopic (exact) mass is 379 g/mol. The predicted molar refractivity (Wildman–Crippen MR) is 108 cm³/mol. The molecule has 1 aliphatic carbocycles. The second-order valence-corrected chi connectivity index (χ2v) is 8.01. The van der Waals surface area contributed by atoms with Gasteiger partial charge in [0.05, 0.1) is 15.2 Å². The zero-order valence-electron chi connectivity index (χ0n) is 14.9. The van der Waals surface area contributed by atoms with Gasteiger partial charge in [0.25, 0.3) is 0 Å². The van der Waals surface area contributed by atoms with E-state index in [4.69, 9.17) is 10.7 Å². The molecule has 138 valence electrons. The lowest BCUT2D eigenvalue weighted by atomic mass is 9.79. The first-order valence-corrected chi connectivity index (χ1v) is 9.99. The number of aromatic nitrogens is 1. The molecule has 27 heavy (non-hydrogen) atoms. The van der Waals surface area contributed by atoms with Crippen LogP contribution in [0.3, 0.4) is 0 Å². The number of nitrogens with two attached hydrogens (primary N) is 1. The minimum atomic E-state index is -0.504. The van der Waals surface area contributed by atoms with E-state index in [0.29, 0.717) is 11.3 Å². The molecule has 2 amide bonds. The molecule has 1 saturated carbocycles. The van der Waals surface area contributed by atoms with E-state index in [1.54, 1.807) is 35.6 Å². The number of hydrogen-bond donors (Lipinski definition) is 2. The first kappa shape index (κ1) is 17.7. The molecular weight excluding hydrogens is 358 g/mol. The number of para-hydroxylation sites is 1. The Morgan fingerprint density at radius 2 is 1.89 bits per heavy atom. The largest absolute Gasteiger partial charge is 0.366 e. The van der Waals surface area contributed by atoms with Crippen molar-refractivity contribution < 1.29 is 9.59 Å². The molecule has 0 spiro atoms. The smallest absolute Gasteiger partial charge is 0.248 e. The molecule has 0 aliphatic heterocycles. The molecule has 1 heterocycles. The molecule has 0 saturated heterocycles. The number of carbonyl (C=O) groups is 2. The SMILES string of the molecule is NC(=O)c1cccc(NC(=O)[C@H]2CCCC[C@H]2c2nc3ccccc3s2)c1. The normalized spacial score (nSPS) is 19.7. The number of fused-ring (bicyclic) bond motifs is 1. The van der Waals surface area contributed by atoms with Gasteiger partial charge in [-0.05, 0) is 43.2 Å². The summed E-state index contributed by atoms with van der Waals surface area (Å²) >= 11 is 1.69. The van der Waals surface area contributed by atoms with E-state index in [-0.39, 0.29) is 17.7 Å². The molecular formula is C21H21N3O2S. The van der Waals surface area contributed by atoms with E-state index in [2.05, 4.69) is 11.4 Å². The van der Waals surface area contributed by atoms with Gasteiger partial charge in [-0.3, -0.25) is 9.59 Å². The number of carbonyl (C=O) groups excluding carboxylic acids is 2. The van der Waals surface area contributed by atoms with E-state index in [1.807, 2.05) is 18.2 Å². The molecule has 0 radical (unpaired) electrons. The highest BCUT2D eigenvalue weighted by atomic mass is 32.1. The van der Waals surface area contributed by atoms with Gasteiger partial charge >= 0.3 is 0 Å². The van der Waals surface area contributed by atoms with Crippen LogP contribution in [0.4, 0.5) is 5.69 Å². The molecule has 0 unspecified atom stereocenters. The van der Waals surface area contributed by atoms with Crippen molar-refractivity contribution in [3.05, 3.63) is 59.1 Å². The Hall–Kier alpha value is -2.73. The summed E-state index contributed by atoms with van der Waals surface area (Å²) < 4.78 is 1.16. The van der Waals surface area contributed by atoms with E-state index in [1.165, 1.54) is 0 Å². The predicted octanol–water partition coefficient (Wildman–Crippen LogP) is 4.31. The van der Waals surface area contributed by atoms with Gasteiger partial charge < -0.3 is 11.1 Å². The average molecular weight is 379 g/mol. The van der Waals surface area contributed by atoms with Crippen LogP contribution < -0.4 is 11.1 Å². The molecule has 4 rings (SSSR count). The summed E-state index contributed by atoms with van der Waals surface area (Å²) in [7, 11) is 0. The summed E-state index contributed by atoms with van der Waals surface area (Å²) in [6.07, 6.45) is 3.98. The maximum atomic E-state index is 13.0. The molecule has 5 nitrogen and oxygen atoms in total. The average Bonchev–Trinajstić information content (AvgIpc) is 3.12. The fourth-order valence-electron chi connectivity index (χ4n) is 3.77. The molecule has 2 atom stereocenters. The van der Waals surface area contributed by atoms with Crippen molar-refractivity contribution >= 4 is 39.1 Å². The molecule has 1 aliphatic rings. The van der Waals surface area contributed by atoms with Crippen LogP contribution in [0, 0.1) is 5.92 Å². The molecule has 3 N–H and O–H groups in total. The van der Waals surface area contributed by atoms with Gasteiger partial charge in [-0.2, -0.15) is 0 Å². The lowest BCUT2D eigenvalue weighted by Gasteiger charge is -2.29. The minimum absolute atomic E-state index is 0.0134. The van der Waals surface area contributed by atoms with Crippen molar-refractivity contribution in [3.8, 4) is 0 Å². The number of amides is 2. The summed E-state index contributed by atoms with van der Waals surface area (Å²) in [5.41, 5.74) is 7.32. The van der Waals surface area contributed by atoms with Gasteiger partial charge in [-0.25, -0.2) is 4.98 Å². The van der Waals surface area contributed by atoms with Crippen LogP contribution in [0.15, 0.2) is 48.5 Å². The Labute approximate surface area is 161 Å². The van der Waals surface area contributed by atoms with Gasteiger partial charge in [0.1, 0.15) is 0 Å². The molecule has 0 bridgehead atoms. The Balaban J connectivity index is 1.57. The highest BCUT2D eigenvalue weighted by Gasteiger charge is 2.34. The molecule has 1 fully saturated rings. The summed E-state index contributed by atoms with van der Waals surface area (Å²) in [4.78, 5) is 29.2. The first-order valence-electron chi connectivity index (χ1n) is 9.18. The van der Waals surface area contributed by atoms with Crippen molar-refractivity contribution in [1.29, 1.82) is 0 Å². The van der Waals surface area contributed by atoms with Crippen LogP contribution in [0.25, 0.3) is 10.2 Å². The van der Waals surface area contributed by atoms with Gasteiger partial charge in [-0.1, -0.05) is 31.0 Å². The van der Waals surface area contributed by atoms with E-state index in [0.717, 1.165) is 40.9 Å². The lowest BCUT2D eigenvalue weighted by molar-refractivity contribution is -0.121. The van der Waals surface area contributed by atoms with Crippen LogP contribution in [-0.4, -0.2) is 16.8 Å². The quantitative estimate of drug-likeness (QED) is 0.708. The number of primary amides is 1. The number of nitrogens with zero attached hydrogens (tertiary/aromatic N) is 1. The Morgan fingerprint density at radius 1 is 1.07 bits per heavy atom. The third-order valence-corrected chi connectivity index (χ3v) is 6.31. The fraction of sp³-hybridized carbons (Fsp3) is 0.286. The summed E-state index contributed by atoms with van der Waals surface area (Å²) in [6.45, 7) is 0. The second kappa shape index (κ2) is 7.48. The Morgan fingerprint density at radius 3 is 2.70 bits per heavy atom. The van der Waals surface area contributed by atoms with E-state index < -0.39 is 5.91 Å². The summed E-state index contributed by atoms with van der Waals surface area (Å²) in [5, 5.41) is 4.01. The van der Waals surface area contributed by atoms with Crippen LogP contribution in [-0.2, 0) is 4.79 Å². The third-order valence-electron chi connectivity index (χ3n) is 5.14. The first-order chi connectivity index (χ1) is 13.1. The zero-order chi connectivity index (χ0) is 18.8. The standard InChI is InChI=1S/C21H21N3O2S/c22-19(25)13-6-5-7-14(12-13)23-20(26)15-8-1-2-9-16(15)21-24-17-10-3-4-11-18(17)27-21/h3-7,10-12,15-16H,1-2,8-9H2,(H2,22,25)(H,23,26)/t15-,16+/m0/s1. The van der Waals surface area contributed by atoms with Crippen molar-refractivity contribution in [2.75, 3.05) is 5.32 Å². The highest BCUT2D eigenvalue weighted by Crippen LogP contribution is 2.41. The number of rotatable bonds is 4. The van der Waals surface area contributed by atoms with Crippen LogP contribution in [0.2, 0.25) is 0 Å². The highest BCUT2D eigenvalue weighted by molar-refractivity contribution is 7.18. The third kappa shape index (κ3) is 3.71. The van der Waals surface area contributed by atoms with Gasteiger partial charge in [0.2, 0.25) is 11.8 Å². The minimum Gasteiger partial charge on any atom is -0.366 e. The van der Waals surface area contributed by atoms with Crippen LogP contribution >= 0.6 is 11.3 Å². The molecule has 3 aromatic rings.